The molecule has 2 aromatic rings. The normalized spacial score (nSPS) is 11.1. The highest BCUT2D eigenvalue weighted by Crippen LogP contribution is 2.21. The van der Waals surface area contributed by atoms with E-state index in [0.29, 0.717) is 5.69 Å². The summed E-state index contributed by atoms with van der Waals surface area (Å²) in [7, 11) is 0. The monoisotopic (exact) mass is 305 g/mol. The molecule has 0 unspecified atom stereocenters. The molecule has 0 saturated carbocycles. The van der Waals surface area contributed by atoms with E-state index in [1.165, 1.54) is 11.3 Å². The van der Waals surface area contributed by atoms with Crippen LogP contribution in [-0.4, -0.2) is 33.8 Å². The third-order valence-corrected chi connectivity index (χ3v) is 3.94. The van der Waals surface area contributed by atoms with Gasteiger partial charge in [-0.05, 0) is 45.9 Å². The smallest absolute Gasteiger partial charge is 0.313 e. The van der Waals surface area contributed by atoms with Crippen molar-refractivity contribution in [1.29, 1.82) is 0 Å². The lowest BCUT2D eigenvalue weighted by atomic mass is 10.2. The molecule has 1 N–H and O–H groups in total. The van der Waals surface area contributed by atoms with Gasteiger partial charge < -0.3 is 10.2 Å². The summed E-state index contributed by atoms with van der Waals surface area (Å²) in [6.07, 6.45) is 0. The van der Waals surface area contributed by atoms with E-state index >= 15 is 0 Å². The van der Waals surface area contributed by atoms with Crippen LogP contribution in [0.25, 0.3) is 10.2 Å². The number of amides is 2. The van der Waals surface area contributed by atoms with Crippen LogP contribution < -0.4 is 5.32 Å². The second kappa shape index (κ2) is 6.22. The largest absolute Gasteiger partial charge is 0.330 e. The Kier molecular flexibility index (Phi) is 4.57. The molecule has 2 amide bonds. The number of nitrogens with zero attached hydrogens (tertiary/aromatic N) is 2. The summed E-state index contributed by atoms with van der Waals surface area (Å²) in [5, 5.41) is 2.65. The highest BCUT2D eigenvalue weighted by atomic mass is 32.1. The van der Waals surface area contributed by atoms with Gasteiger partial charge in [0.2, 0.25) is 0 Å². The number of rotatable bonds is 3. The first-order chi connectivity index (χ1) is 9.90. The van der Waals surface area contributed by atoms with E-state index in [9.17, 15) is 9.59 Å². The van der Waals surface area contributed by atoms with Gasteiger partial charge in [0.15, 0.2) is 0 Å². The molecule has 0 aliphatic rings. The Labute approximate surface area is 128 Å². The van der Waals surface area contributed by atoms with E-state index < -0.39 is 11.8 Å². The van der Waals surface area contributed by atoms with Crippen LogP contribution in [0.3, 0.4) is 0 Å². The summed E-state index contributed by atoms with van der Waals surface area (Å²) in [4.78, 5) is 30.1. The lowest BCUT2D eigenvalue weighted by Gasteiger charge is -2.29. The Morgan fingerprint density at radius 1 is 1.19 bits per heavy atom. The first kappa shape index (κ1) is 15.4. The first-order valence-electron chi connectivity index (χ1n) is 6.87. The minimum Gasteiger partial charge on any atom is -0.330 e. The van der Waals surface area contributed by atoms with Crippen molar-refractivity contribution in [3.8, 4) is 0 Å². The van der Waals surface area contributed by atoms with Crippen LogP contribution in [0.5, 0.6) is 0 Å². The Morgan fingerprint density at radius 3 is 2.48 bits per heavy atom. The molecular weight excluding hydrogens is 286 g/mol. The van der Waals surface area contributed by atoms with Gasteiger partial charge in [-0.15, -0.1) is 11.3 Å². The van der Waals surface area contributed by atoms with Crippen molar-refractivity contribution < 1.29 is 9.59 Å². The summed E-state index contributed by atoms with van der Waals surface area (Å²) in [6.45, 7) is 7.58. The minimum absolute atomic E-state index is 0.0238. The highest BCUT2D eigenvalue weighted by Gasteiger charge is 2.26. The molecule has 0 fully saturated rings. The average molecular weight is 305 g/mol. The van der Waals surface area contributed by atoms with Crippen LogP contribution in [0.15, 0.2) is 23.7 Å². The second-order valence-corrected chi connectivity index (χ2v) is 6.28. The van der Waals surface area contributed by atoms with Gasteiger partial charge in [0.05, 0.1) is 15.7 Å². The zero-order chi connectivity index (χ0) is 15.6. The average Bonchev–Trinajstić information content (AvgIpc) is 2.85. The number of hydrogen-bond acceptors (Lipinski definition) is 4. The molecule has 1 aromatic heterocycles. The van der Waals surface area contributed by atoms with Crippen molar-refractivity contribution in [3.05, 3.63) is 23.7 Å². The number of nitrogens with one attached hydrogen (secondary N) is 1. The summed E-state index contributed by atoms with van der Waals surface area (Å²) in [5.41, 5.74) is 3.15. The van der Waals surface area contributed by atoms with E-state index in [1.807, 2.05) is 33.8 Å². The molecule has 2 rings (SSSR count). The molecule has 0 atom stereocenters. The summed E-state index contributed by atoms with van der Waals surface area (Å²) in [5.74, 6) is -1.13. The quantitative estimate of drug-likeness (QED) is 0.887. The molecule has 0 saturated heterocycles. The molecule has 1 aromatic carbocycles. The summed E-state index contributed by atoms with van der Waals surface area (Å²) >= 11 is 1.53. The highest BCUT2D eigenvalue weighted by molar-refractivity contribution is 7.16. The predicted molar refractivity (Wildman–Crippen MR) is 85.4 cm³/mol. The van der Waals surface area contributed by atoms with E-state index in [0.717, 1.165) is 10.2 Å². The predicted octanol–water partition coefficient (Wildman–Crippen LogP) is 2.88. The molecule has 6 heteroatoms. The maximum absolute atomic E-state index is 12.2. The third kappa shape index (κ3) is 3.39. The fraction of sp³-hybridized carbons (Fsp3) is 0.400. The molecule has 0 aliphatic carbocycles. The molecule has 21 heavy (non-hydrogen) atoms. The van der Waals surface area contributed by atoms with Crippen LogP contribution in [0.1, 0.15) is 27.7 Å². The number of carbonyl (C=O) groups excluding carboxylic acids is 2. The lowest BCUT2D eigenvalue weighted by molar-refractivity contribution is -0.145. The Hall–Kier alpha value is -1.95. The Bertz CT molecular complexity index is 656. The van der Waals surface area contributed by atoms with E-state index in [1.54, 1.807) is 22.5 Å². The van der Waals surface area contributed by atoms with Crippen LogP contribution in [0.4, 0.5) is 5.69 Å². The summed E-state index contributed by atoms with van der Waals surface area (Å²) < 4.78 is 1.05. The number of carbonyl (C=O) groups is 2. The number of hydrogen-bond donors (Lipinski definition) is 1. The molecule has 0 radical (unpaired) electrons. The zero-order valence-corrected chi connectivity index (χ0v) is 13.4. The second-order valence-electron chi connectivity index (χ2n) is 5.39. The Morgan fingerprint density at radius 2 is 1.86 bits per heavy atom. The van der Waals surface area contributed by atoms with Crippen molar-refractivity contribution in [2.75, 3.05) is 5.32 Å². The molecule has 0 aliphatic heterocycles. The molecule has 0 spiro atoms. The van der Waals surface area contributed by atoms with Crippen LogP contribution in [0, 0.1) is 0 Å². The van der Waals surface area contributed by atoms with Gasteiger partial charge in [-0.2, -0.15) is 0 Å². The van der Waals surface area contributed by atoms with E-state index in [-0.39, 0.29) is 12.1 Å². The maximum atomic E-state index is 12.2. The van der Waals surface area contributed by atoms with Crippen LogP contribution in [0.2, 0.25) is 0 Å². The number of benzene rings is 1. The first-order valence-corrected chi connectivity index (χ1v) is 7.75. The number of aromatic nitrogens is 1. The number of thiazole rings is 1. The maximum Gasteiger partial charge on any atom is 0.313 e. The van der Waals surface area contributed by atoms with Gasteiger partial charge in [-0.25, -0.2) is 4.98 Å². The molecule has 1 heterocycles. The van der Waals surface area contributed by atoms with Gasteiger partial charge in [-0.3, -0.25) is 9.59 Å². The molecule has 112 valence electrons. The minimum atomic E-state index is -0.619. The molecular formula is C15H19N3O2S. The molecule has 5 nitrogen and oxygen atoms in total. The fourth-order valence-corrected chi connectivity index (χ4v) is 2.96. The standard InChI is InChI=1S/C15H19N3O2S/c1-9(2)18(10(3)4)15(20)14(19)17-11-5-6-13-12(7-11)16-8-21-13/h5-10H,1-4H3,(H,17,19). The number of fused-ring (bicyclic) bond motifs is 1. The van der Waals surface area contributed by atoms with Crippen molar-refractivity contribution in [2.45, 2.75) is 39.8 Å². The van der Waals surface area contributed by atoms with Crippen molar-refractivity contribution in [3.63, 3.8) is 0 Å². The SMILES string of the molecule is CC(C)N(C(=O)C(=O)Nc1ccc2scnc2c1)C(C)C. The topological polar surface area (TPSA) is 62.3 Å². The van der Waals surface area contributed by atoms with Crippen LogP contribution >= 0.6 is 11.3 Å². The zero-order valence-electron chi connectivity index (χ0n) is 12.6. The van der Waals surface area contributed by atoms with E-state index in [2.05, 4.69) is 10.3 Å². The van der Waals surface area contributed by atoms with Gasteiger partial charge in [0.25, 0.3) is 0 Å². The van der Waals surface area contributed by atoms with Crippen molar-refractivity contribution in [1.82, 2.24) is 9.88 Å². The van der Waals surface area contributed by atoms with E-state index in [4.69, 9.17) is 0 Å². The van der Waals surface area contributed by atoms with Gasteiger partial charge >= 0.3 is 11.8 Å². The van der Waals surface area contributed by atoms with Crippen LogP contribution in [-0.2, 0) is 9.59 Å². The third-order valence-electron chi connectivity index (χ3n) is 3.13. The molecule has 0 bridgehead atoms. The van der Waals surface area contributed by atoms with Gasteiger partial charge in [-0.1, -0.05) is 0 Å². The summed E-state index contributed by atoms with van der Waals surface area (Å²) in [6, 6.07) is 5.39. The fourth-order valence-electron chi connectivity index (χ4n) is 2.30. The Balaban J connectivity index is 2.14. The van der Waals surface area contributed by atoms with Gasteiger partial charge in [0, 0.05) is 17.8 Å². The van der Waals surface area contributed by atoms with Crippen molar-refractivity contribution >= 4 is 39.1 Å². The van der Waals surface area contributed by atoms with Gasteiger partial charge in [0.1, 0.15) is 0 Å². The lowest BCUT2D eigenvalue weighted by Crippen LogP contribution is -2.47. The number of anilines is 1. The van der Waals surface area contributed by atoms with Crippen molar-refractivity contribution in [2.24, 2.45) is 0 Å².